The number of aliphatic hydroxyl groups is 3. The van der Waals surface area contributed by atoms with Crippen LogP contribution in [0.1, 0.15) is 124 Å². The van der Waals surface area contributed by atoms with E-state index in [0.717, 1.165) is 6.92 Å². The number of ether oxygens (including phenoxy) is 6. The van der Waals surface area contributed by atoms with Crippen LogP contribution in [0.5, 0.6) is 0 Å². The largest absolute Gasteiger partial charge is 0.455 e. The van der Waals surface area contributed by atoms with Gasteiger partial charge in [-0.3, -0.25) is 19.3 Å². The highest BCUT2D eigenvalue weighted by Crippen LogP contribution is 2.64. The normalized spacial score (nSPS) is 30.1. The van der Waals surface area contributed by atoms with Crippen LogP contribution in [0.3, 0.4) is 0 Å². The molecule has 12 atom stereocenters. The molecule has 4 N–H and O–H groups in total. The lowest BCUT2D eigenvalue weighted by Gasteiger charge is -2.67. The fourth-order valence-corrected chi connectivity index (χ4v) is 11.3. The Hall–Kier alpha value is -5.53. The number of ketones is 2. The van der Waals surface area contributed by atoms with Gasteiger partial charge < -0.3 is 53.9 Å². The molecule has 388 valence electrons. The van der Waals surface area contributed by atoms with Gasteiger partial charge in [0.15, 0.2) is 11.4 Å². The van der Waals surface area contributed by atoms with Crippen LogP contribution >= 0.6 is 0 Å². The molecule has 1 aliphatic heterocycles. The van der Waals surface area contributed by atoms with E-state index in [1.54, 1.807) is 74.2 Å². The molecule has 3 aliphatic carbocycles. The van der Waals surface area contributed by atoms with Crippen molar-refractivity contribution in [3.8, 4) is 0 Å². The lowest BCUT2D eigenvalue weighted by atomic mass is 9.44. The standard InChI is InChI=1S/C53H70N2O16/c1-12-55(13-2)34(25-24-29(3)56)46(62)68-41(39(32-20-16-14-17-21-32)54-48(64)71-49(6,7)8)47(63)67-35-27-53(65)44(69-45(61)33-22-18-15-19-23-33)42-51(11,43(60)40(59)38(30(35)4)50(53,9)10)36(58)26-37-52(42,28-66-37)70-31(5)57/h14-23,34-37,39-42,44,58-59,65H,12-13,24-28H2,1-11H3,(H,54,64)/t34-,35-,36-,37+,39-,40+,41+,42-,44-,51+,52-,53+/m0/s1. The van der Waals surface area contributed by atoms with Gasteiger partial charge in [-0.25, -0.2) is 14.4 Å². The van der Waals surface area contributed by atoms with Crippen molar-refractivity contribution in [2.24, 2.45) is 16.7 Å². The van der Waals surface area contributed by atoms with E-state index >= 15 is 9.59 Å². The number of nitrogens with one attached hydrogen (secondary N) is 1. The Balaban J connectivity index is 1.54. The number of amides is 1. The Morgan fingerprint density at radius 2 is 1.51 bits per heavy atom. The Kier molecular flexibility index (Phi) is 16.1. The number of hydrogen-bond donors (Lipinski definition) is 4. The summed E-state index contributed by atoms with van der Waals surface area (Å²) in [5.74, 6) is -6.62. The molecule has 4 aliphatic rings. The van der Waals surface area contributed by atoms with Crippen molar-refractivity contribution in [2.45, 2.75) is 167 Å². The van der Waals surface area contributed by atoms with Gasteiger partial charge in [0, 0.05) is 31.6 Å². The van der Waals surface area contributed by atoms with Crippen molar-refractivity contribution in [3.63, 3.8) is 0 Å². The second kappa shape index (κ2) is 20.9. The maximum absolute atomic E-state index is 15.3. The number of carbonyl (C=O) groups is 7. The number of carbonyl (C=O) groups excluding carboxylic acids is 7. The number of aliphatic hydroxyl groups excluding tert-OH is 2. The van der Waals surface area contributed by atoms with Crippen LogP contribution in [0.25, 0.3) is 0 Å². The first kappa shape index (κ1) is 54.8. The molecule has 0 unspecified atom stereocenters. The number of likely N-dealkylation sites (N-methyl/N-ethyl adjacent to an activating group) is 1. The third kappa shape index (κ3) is 10.4. The Morgan fingerprint density at radius 3 is 2.04 bits per heavy atom. The zero-order valence-corrected chi connectivity index (χ0v) is 42.5. The predicted molar refractivity (Wildman–Crippen MR) is 254 cm³/mol. The summed E-state index contributed by atoms with van der Waals surface area (Å²) >= 11 is 0. The summed E-state index contributed by atoms with van der Waals surface area (Å²) in [5.41, 5.74) is -8.70. The maximum Gasteiger partial charge on any atom is 0.408 e. The molecule has 6 rings (SSSR count). The van der Waals surface area contributed by atoms with Crippen molar-refractivity contribution in [3.05, 3.63) is 82.9 Å². The van der Waals surface area contributed by atoms with E-state index < -0.39 is 124 Å². The summed E-state index contributed by atoms with van der Waals surface area (Å²) in [6.45, 7) is 17.4. The molecule has 1 saturated heterocycles. The number of Topliss-reactive ketones (excluding diaryl/α,β-unsaturated/α-hetero) is 2. The molecule has 0 spiro atoms. The molecule has 2 aromatic carbocycles. The van der Waals surface area contributed by atoms with Gasteiger partial charge in [-0.15, -0.1) is 0 Å². The number of esters is 4. The van der Waals surface area contributed by atoms with E-state index in [9.17, 15) is 39.3 Å². The maximum atomic E-state index is 15.3. The van der Waals surface area contributed by atoms with Crippen LogP contribution in [-0.4, -0.2) is 141 Å². The van der Waals surface area contributed by atoms with Crippen LogP contribution in [0, 0.1) is 16.7 Å². The second-order valence-electron chi connectivity index (χ2n) is 21.0. The first-order chi connectivity index (χ1) is 33.2. The number of fused-ring (bicyclic) bond motifs is 5. The van der Waals surface area contributed by atoms with E-state index in [-0.39, 0.29) is 53.9 Å². The van der Waals surface area contributed by atoms with E-state index in [4.69, 9.17) is 28.4 Å². The van der Waals surface area contributed by atoms with Gasteiger partial charge in [0.25, 0.3) is 0 Å². The first-order valence-corrected chi connectivity index (χ1v) is 24.3. The quantitative estimate of drug-likeness (QED) is 0.0993. The SMILES string of the molecule is CCN(CC)[C@@H](CCC(C)=O)C(=O)O[C@@H](C(=O)O[C@H]1C[C@@]2(O)[C@@H](OC(=O)c3ccccc3)[C@@H]3[C@]4(OC(C)=O)CO[C@@H]4C[C@H](O)[C@@]3(C)C(=O)[C@H](O)C(=C1C)C2(C)C)[C@@H](NC(=O)OC(C)(C)C)c1ccccc1. The van der Waals surface area contributed by atoms with E-state index in [0.29, 0.717) is 13.1 Å². The molecule has 2 aromatic rings. The predicted octanol–water partition coefficient (Wildman–Crippen LogP) is 4.89. The van der Waals surface area contributed by atoms with E-state index in [1.807, 2.05) is 13.8 Å². The number of nitrogens with zero attached hydrogens (tertiary/aromatic N) is 1. The van der Waals surface area contributed by atoms with Gasteiger partial charge in [-0.05, 0) is 89.9 Å². The number of hydrogen-bond acceptors (Lipinski definition) is 17. The molecule has 71 heavy (non-hydrogen) atoms. The van der Waals surface area contributed by atoms with E-state index in [1.165, 1.54) is 46.8 Å². The third-order valence-corrected chi connectivity index (χ3v) is 15.1. The molecule has 2 bridgehead atoms. The van der Waals surface area contributed by atoms with Crippen LogP contribution in [0.4, 0.5) is 4.79 Å². The van der Waals surface area contributed by atoms with Gasteiger partial charge in [-0.2, -0.15) is 0 Å². The lowest BCUT2D eigenvalue weighted by molar-refractivity contribution is -0.346. The van der Waals surface area contributed by atoms with Crippen LogP contribution in [0.2, 0.25) is 0 Å². The zero-order valence-electron chi connectivity index (χ0n) is 42.5. The fraction of sp³-hybridized carbons (Fsp3) is 0.604. The van der Waals surface area contributed by atoms with Gasteiger partial charge in [0.1, 0.15) is 53.5 Å². The molecule has 1 amide bonds. The molecule has 0 aromatic heterocycles. The van der Waals surface area contributed by atoms with Crippen molar-refractivity contribution < 1.29 is 77.3 Å². The fourth-order valence-electron chi connectivity index (χ4n) is 11.3. The molecule has 0 radical (unpaired) electrons. The Bertz CT molecular complexity index is 2380. The average Bonchev–Trinajstić information content (AvgIpc) is 3.29. The van der Waals surface area contributed by atoms with Crippen LogP contribution in [0.15, 0.2) is 71.8 Å². The van der Waals surface area contributed by atoms with Crippen molar-refractivity contribution >= 4 is 41.5 Å². The number of rotatable bonds is 16. The molecule has 18 heteroatoms. The van der Waals surface area contributed by atoms with Gasteiger partial charge in [-0.1, -0.05) is 76.2 Å². The zero-order chi connectivity index (χ0) is 52.6. The molecular weight excluding hydrogens is 921 g/mol. The summed E-state index contributed by atoms with van der Waals surface area (Å²) in [5, 5.41) is 41.0. The Labute approximate surface area is 414 Å². The Morgan fingerprint density at radius 1 is 0.901 bits per heavy atom. The summed E-state index contributed by atoms with van der Waals surface area (Å²) in [6.07, 6.45) is -11.9. The van der Waals surface area contributed by atoms with Crippen molar-refractivity contribution in [1.29, 1.82) is 0 Å². The third-order valence-electron chi connectivity index (χ3n) is 15.1. The molecule has 18 nitrogen and oxygen atoms in total. The average molecular weight is 991 g/mol. The highest BCUT2D eigenvalue weighted by atomic mass is 16.6. The number of alkyl carbamates (subject to hydrolysis) is 1. The van der Waals surface area contributed by atoms with Crippen molar-refractivity contribution in [2.75, 3.05) is 19.7 Å². The second-order valence-corrected chi connectivity index (χ2v) is 21.0. The molecule has 3 fully saturated rings. The molecule has 1 heterocycles. The van der Waals surface area contributed by atoms with Crippen LogP contribution < -0.4 is 5.32 Å². The highest BCUT2D eigenvalue weighted by molar-refractivity contribution is 5.94. The first-order valence-electron chi connectivity index (χ1n) is 24.3. The van der Waals surface area contributed by atoms with Gasteiger partial charge >= 0.3 is 30.0 Å². The van der Waals surface area contributed by atoms with Gasteiger partial charge in [0.2, 0.25) is 6.10 Å². The minimum Gasteiger partial charge on any atom is -0.455 e. The molecule has 2 saturated carbocycles. The lowest BCUT2D eigenvalue weighted by Crippen LogP contribution is -2.81. The highest BCUT2D eigenvalue weighted by Gasteiger charge is 2.78. The summed E-state index contributed by atoms with van der Waals surface area (Å²) in [6, 6.07) is 13.5. The molecular formula is C53H70N2O16. The number of benzene rings is 2. The summed E-state index contributed by atoms with van der Waals surface area (Å²) in [4.78, 5) is 100. The smallest absolute Gasteiger partial charge is 0.408 e. The minimum atomic E-state index is -2.45. The van der Waals surface area contributed by atoms with E-state index in [2.05, 4.69) is 5.32 Å². The summed E-state index contributed by atoms with van der Waals surface area (Å²) < 4.78 is 36.6. The van der Waals surface area contributed by atoms with Crippen LogP contribution in [-0.2, 0) is 52.4 Å². The monoisotopic (exact) mass is 990 g/mol. The van der Waals surface area contributed by atoms with Gasteiger partial charge in [0.05, 0.1) is 29.6 Å². The van der Waals surface area contributed by atoms with Crippen molar-refractivity contribution in [1.82, 2.24) is 10.2 Å². The minimum absolute atomic E-state index is 0.00655. The topological polar surface area (TPSA) is 251 Å². The summed E-state index contributed by atoms with van der Waals surface area (Å²) in [7, 11) is 0.